The number of sulfonamides is 1. The lowest BCUT2D eigenvalue weighted by Crippen LogP contribution is -2.14. The van der Waals surface area contributed by atoms with Crippen molar-refractivity contribution in [3.8, 4) is 5.88 Å². The molecule has 0 spiro atoms. The van der Waals surface area contributed by atoms with Gasteiger partial charge < -0.3 is 10.5 Å². The molecule has 0 aliphatic heterocycles. The average Bonchev–Trinajstić information content (AvgIpc) is 2.93. The highest BCUT2D eigenvalue weighted by Crippen LogP contribution is 2.29. The van der Waals surface area contributed by atoms with E-state index in [1.165, 1.54) is 37.2 Å². The molecule has 0 aromatic carbocycles. The van der Waals surface area contributed by atoms with Crippen molar-refractivity contribution in [3.05, 3.63) is 22.7 Å². The van der Waals surface area contributed by atoms with Crippen LogP contribution in [-0.2, 0) is 10.0 Å². The largest absolute Gasteiger partial charge is 0.478 e. The van der Waals surface area contributed by atoms with Crippen LogP contribution in [0.3, 0.4) is 0 Å². The Labute approximate surface area is 141 Å². The Morgan fingerprint density at radius 1 is 1.50 bits per heavy atom. The summed E-state index contributed by atoms with van der Waals surface area (Å²) in [5.74, 6) is 0.786. The molecule has 0 fully saturated rings. The van der Waals surface area contributed by atoms with Crippen molar-refractivity contribution in [2.75, 3.05) is 24.1 Å². The zero-order chi connectivity index (χ0) is 16.2. The first-order valence-electron chi connectivity index (χ1n) is 5.98. The number of hydrogen-bond acceptors (Lipinski definition) is 8. The molecule has 2 rings (SSSR count). The number of aromatic nitrogens is 2. The standard InChI is InChI=1S/C11H13ClN4O3S3/c1-19-11-10(14-6-8(15-11)20-5-4-13)16-22(17,18)9-3-2-7(12)21-9/h2-3,6H,4-5,13H2,1H3,(H,14,16). The molecule has 0 aliphatic carbocycles. The van der Waals surface area contributed by atoms with Gasteiger partial charge in [0.15, 0.2) is 0 Å². The van der Waals surface area contributed by atoms with Crippen LogP contribution in [0.5, 0.6) is 5.88 Å². The number of nitrogens with zero attached hydrogens (tertiary/aromatic N) is 2. The lowest BCUT2D eigenvalue weighted by molar-refractivity contribution is 0.394. The Morgan fingerprint density at radius 2 is 2.27 bits per heavy atom. The van der Waals surface area contributed by atoms with Gasteiger partial charge in [0, 0.05) is 12.3 Å². The van der Waals surface area contributed by atoms with E-state index in [1.54, 1.807) is 0 Å². The highest BCUT2D eigenvalue weighted by Gasteiger charge is 2.20. The first-order chi connectivity index (χ1) is 10.5. The van der Waals surface area contributed by atoms with Crippen molar-refractivity contribution in [3.63, 3.8) is 0 Å². The Bertz CT molecular complexity index is 751. The number of halogens is 1. The fourth-order valence-corrected chi connectivity index (χ4v) is 4.51. The fourth-order valence-electron chi connectivity index (χ4n) is 1.42. The fraction of sp³-hybridized carbons (Fsp3) is 0.273. The first kappa shape index (κ1) is 17.3. The number of rotatable bonds is 7. The third-order valence-corrected chi connectivity index (χ3v) is 6.32. The monoisotopic (exact) mass is 380 g/mol. The summed E-state index contributed by atoms with van der Waals surface area (Å²) in [6.07, 6.45) is 1.46. The average molecular weight is 381 g/mol. The number of hydrogen-bond donors (Lipinski definition) is 2. The smallest absolute Gasteiger partial charge is 0.272 e. The van der Waals surface area contributed by atoms with Crippen LogP contribution < -0.4 is 15.2 Å². The van der Waals surface area contributed by atoms with E-state index in [1.807, 2.05) is 0 Å². The number of anilines is 1. The lowest BCUT2D eigenvalue weighted by Gasteiger charge is -2.10. The molecule has 3 N–H and O–H groups in total. The van der Waals surface area contributed by atoms with Crippen LogP contribution in [0, 0.1) is 0 Å². The van der Waals surface area contributed by atoms with Crippen molar-refractivity contribution >= 4 is 50.5 Å². The van der Waals surface area contributed by atoms with Gasteiger partial charge in [0.25, 0.3) is 15.9 Å². The van der Waals surface area contributed by atoms with Crippen molar-refractivity contribution < 1.29 is 13.2 Å². The molecule has 120 valence electrons. The SMILES string of the molecule is COc1nc(SCCN)cnc1NS(=O)(=O)c1ccc(Cl)s1. The minimum atomic E-state index is -3.78. The van der Waals surface area contributed by atoms with E-state index in [0.717, 1.165) is 11.3 Å². The summed E-state index contributed by atoms with van der Waals surface area (Å²) >= 11 is 8.11. The molecule has 0 aliphatic rings. The second-order valence-corrected chi connectivity index (χ2v) is 8.61. The van der Waals surface area contributed by atoms with Crippen LogP contribution in [-0.4, -0.2) is 37.8 Å². The molecule has 0 radical (unpaired) electrons. The highest BCUT2D eigenvalue weighted by molar-refractivity contribution is 7.99. The summed E-state index contributed by atoms with van der Waals surface area (Å²) < 4.78 is 32.4. The Morgan fingerprint density at radius 3 is 2.86 bits per heavy atom. The second kappa shape index (κ2) is 7.47. The van der Waals surface area contributed by atoms with Gasteiger partial charge in [-0.1, -0.05) is 11.6 Å². The van der Waals surface area contributed by atoms with Gasteiger partial charge in [0.05, 0.1) is 17.6 Å². The van der Waals surface area contributed by atoms with Gasteiger partial charge >= 0.3 is 0 Å². The second-order valence-electron chi connectivity index (χ2n) is 3.87. The molecular formula is C11H13ClN4O3S3. The number of thiophene rings is 1. The van der Waals surface area contributed by atoms with Crippen LogP contribution in [0.25, 0.3) is 0 Å². The molecule has 22 heavy (non-hydrogen) atoms. The number of methoxy groups -OCH3 is 1. The highest BCUT2D eigenvalue weighted by atomic mass is 35.5. The molecule has 0 atom stereocenters. The van der Waals surface area contributed by atoms with E-state index in [-0.39, 0.29) is 15.9 Å². The van der Waals surface area contributed by atoms with E-state index in [4.69, 9.17) is 22.1 Å². The van der Waals surface area contributed by atoms with Gasteiger partial charge in [-0.3, -0.25) is 4.72 Å². The predicted octanol–water partition coefficient (Wildman–Crippen LogP) is 2.05. The summed E-state index contributed by atoms with van der Waals surface area (Å²) in [6.45, 7) is 0.502. The van der Waals surface area contributed by atoms with Crippen molar-refractivity contribution in [2.24, 2.45) is 5.73 Å². The van der Waals surface area contributed by atoms with Crippen LogP contribution in [0.15, 0.2) is 27.6 Å². The molecule has 2 aromatic rings. The summed E-state index contributed by atoms with van der Waals surface area (Å²) in [6, 6.07) is 2.93. The molecule has 0 unspecified atom stereocenters. The van der Waals surface area contributed by atoms with Crippen molar-refractivity contribution in [1.82, 2.24) is 9.97 Å². The molecule has 11 heteroatoms. The zero-order valence-corrected chi connectivity index (χ0v) is 14.7. The van der Waals surface area contributed by atoms with Crippen LogP contribution in [0.2, 0.25) is 4.34 Å². The third kappa shape index (κ3) is 4.23. The van der Waals surface area contributed by atoms with Crippen molar-refractivity contribution in [1.29, 1.82) is 0 Å². The molecule has 0 amide bonds. The molecule has 2 aromatic heterocycles. The molecule has 0 saturated heterocycles. The molecule has 0 saturated carbocycles. The quantitative estimate of drug-likeness (QED) is 0.707. The number of nitrogens with two attached hydrogens (primary N) is 1. The van der Waals surface area contributed by atoms with Gasteiger partial charge in [-0.15, -0.1) is 23.1 Å². The van der Waals surface area contributed by atoms with Crippen LogP contribution in [0.4, 0.5) is 5.82 Å². The van der Waals surface area contributed by atoms with Crippen LogP contribution in [0.1, 0.15) is 0 Å². The maximum atomic E-state index is 12.2. The molecule has 7 nitrogen and oxygen atoms in total. The summed E-state index contributed by atoms with van der Waals surface area (Å²) in [5, 5.41) is 0.601. The van der Waals surface area contributed by atoms with Gasteiger partial charge in [-0.2, -0.15) is 0 Å². The first-order valence-corrected chi connectivity index (χ1v) is 9.64. The zero-order valence-electron chi connectivity index (χ0n) is 11.4. The van der Waals surface area contributed by atoms with Crippen LogP contribution >= 0.6 is 34.7 Å². The molecule has 0 bridgehead atoms. The number of nitrogens with one attached hydrogen (secondary N) is 1. The minimum Gasteiger partial charge on any atom is -0.478 e. The van der Waals surface area contributed by atoms with Crippen molar-refractivity contribution in [2.45, 2.75) is 9.24 Å². The third-order valence-electron chi connectivity index (χ3n) is 2.32. The Balaban J connectivity index is 2.25. The van der Waals surface area contributed by atoms with E-state index in [9.17, 15) is 8.42 Å². The van der Waals surface area contributed by atoms with E-state index in [0.29, 0.717) is 21.7 Å². The maximum Gasteiger partial charge on any atom is 0.272 e. The lowest BCUT2D eigenvalue weighted by atomic mass is 10.6. The Kier molecular flexibility index (Phi) is 5.87. The predicted molar refractivity (Wildman–Crippen MR) is 88.5 cm³/mol. The van der Waals surface area contributed by atoms with Gasteiger partial charge in [0.1, 0.15) is 9.24 Å². The number of thioether (sulfide) groups is 1. The van der Waals surface area contributed by atoms with E-state index < -0.39 is 10.0 Å². The minimum absolute atomic E-state index is 0.0177. The molecular weight excluding hydrogens is 368 g/mol. The van der Waals surface area contributed by atoms with Gasteiger partial charge in [0.2, 0.25) is 5.82 Å². The van der Waals surface area contributed by atoms with E-state index in [2.05, 4.69) is 14.7 Å². The van der Waals surface area contributed by atoms with Gasteiger partial charge in [-0.25, -0.2) is 18.4 Å². The summed E-state index contributed by atoms with van der Waals surface area (Å²) in [5.41, 5.74) is 5.42. The Hall–Kier alpha value is -1.07. The normalized spacial score (nSPS) is 11.4. The topological polar surface area (TPSA) is 107 Å². The maximum absolute atomic E-state index is 12.2. The van der Waals surface area contributed by atoms with E-state index >= 15 is 0 Å². The molecule has 2 heterocycles. The number of ether oxygens (including phenoxy) is 1. The summed E-state index contributed by atoms with van der Waals surface area (Å²) in [7, 11) is -2.39. The van der Waals surface area contributed by atoms with Gasteiger partial charge in [-0.05, 0) is 12.1 Å². The summed E-state index contributed by atoms with van der Waals surface area (Å²) in [4.78, 5) is 8.24.